The van der Waals surface area contributed by atoms with Gasteiger partial charge >= 0.3 is 0 Å². The molecule has 2 unspecified atom stereocenters. The van der Waals surface area contributed by atoms with E-state index in [1.807, 2.05) is 31.4 Å². The zero-order valence-corrected chi connectivity index (χ0v) is 17.1. The van der Waals surface area contributed by atoms with E-state index in [1.165, 1.54) is 11.8 Å². The van der Waals surface area contributed by atoms with E-state index in [0.29, 0.717) is 17.5 Å². The standard InChI is InChI=1S/C19H25N5O2S/c1-7-9-24-16(15-8-10-26-13(15)4)22-23-18(24)27-14(5)17(25)21-19(6,11-20)12(2)3/h7-8,10,12,14H,1,9H2,2-6H3,(H,21,25). The van der Waals surface area contributed by atoms with Crippen molar-refractivity contribution in [3.8, 4) is 17.5 Å². The molecule has 0 radical (unpaired) electrons. The van der Waals surface area contributed by atoms with E-state index < -0.39 is 10.8 Å². The zero-order valence-electron chi connectivity index (χ0n) is 16.3. The molecule has 8 heteroatoms. The molecule has 1 amide bonds. The quantitative estimate of drug-likeness (QED) is 0.549. The van der Waals surface area contributed by atoms with E-state index >= 15 is 0 Å². The lowest BCUT2D eigenvalue weighted by molar-refractivity contribution is -0.121. The van der Waals surface area contributed by atoms with Gasteiger partial charge in [0.15, 0.2) is 11.0 Å². The highest BCUT2D eigenvalue weighted by atomic mass is 32.2. The molecule has 144 valence electrons. The van der Waals surface area contributed by atoms with Crippen molar-refractivity contribution in [2.75, 3.05) is 0 Å². The van der Waals surface area contributed by atoms with Crippen LogP contribution in [-0.2, 0) is 11.3 Å². The summed E-state index contributed by atoms with van der Waals surface area (Å²) in [4.78, 5) is 12.6. The van der Waals surface area contributed by atoms with Crippen molar-refractivity contribution < 1.29 is 9.21 Å². The SMILES string of the molecule is C=CCn1c(SC(C)C(=O)NC(C)(C#N)C(C)C)nnc1-c1ccoc1C. The Morgan fingerprint density at radius 2 is 2.22 bits per heavy atom. The fraction of sp³-hybridized carbons (Fsp3) is 0.474. The van der Waals surface area contributed by atoms with Crippen LogP contribution in [0.25, 0.3) is 11.4 Å². The number of hydrogen-bond acceptors (Lipinski definition) is 6. The number of nitrogens with one attached hydrogen (secondary N) is 1. The lowest BCUT2D eigenvalue weighted by Gasteiger charge is -2.28. The number of hydrogen-bond donors (Lipinski definition) is 1. The molecule has 2 rings (SSSR count). The summed E-state index contributed by atoms with van der Waals surface area (Å²) in [6, 6.07) is 4.03. The van der Waals surface area contributed by atoms with Gasteiger partial charge in [0.1, 0.15) is 11.3 Å². The first-order chi connectivity index (χ1) is 12.7. The second-order valence-corrected chi connectivity index (χ2v) is 8.12. The number of aromatic nitrogens is 3. The Hall–Kier alpha value is -2.53. The Labute approximate surface area is 163 Å². The van der Waals surface area contributed by atoms with Crippen molar-refractivity contribution >= 4 is 17.7 Å². The Bertz CT molecular complexity index is 864. The summed E-state index contributed by atoms with van der Waals surface area (Å²) in [7, 11) is 0. The van der Waals surface area contributed by atoms with Crippen molar-refractivity contribution in [1.29, 1.82) is 5.26 Å². The van der Waals surface area contributed by atoms with Crippen molar-refractivity contribution in [2.45, 2.75) is 57.1 Å². The fourth-order valence-electron chi connectivity index (χ4n) is 2.36. The van der Waals surface area contributed by atoms with Crippen LogP contribution in [-0.4, -0.2) is 31.5 Å². The number of amides is 1. The highest BCUT2D eigenvalue weighted by Gasteiger charge is 2.32. The normalized spacial score (nSPS) is 14.4. The van der Waals surface area contributed by atoms with Crippen LogP contribution in [0.3, 0.4) is 0 Å². The average molecular weight is 388 g/mol. The smallest absolute Gasteiger partial charge is 0.234 e. The maximum Gasteiger partial charge on any atom is 0.234 e. The maximum absolute atomic E-state index is 12.6. The Morgan fingerprint density at radius 1 is 1.52 bits per heavy atom. The number of carbonyl (C=O) groups excluding carboxylic acids is 1. The van der Waals surface area contributed by atoms with Gasteiger partial charge in [-0.15, -0.1) is 16.8 Å². The van der Waals surface area contributed by atoms with Crippen LogP contribution in [0.4, 0.5) is 0 Å². The first-order valence-corrected chi connectivity index (χ1v) is 9.60. The summed E-state index contributed by atoms with van der Waals surface area (Å²) in [6.45, 7) is 13.5. The minimum absolute atomic E-state index is 0.0104. The summed E-state index contributed by atoms with van der Waals surface area (Å²) in [5.74, 6) is 1.19. The number of allylic oxidation sites excluding steroid dienone is 1. The first kappa shape index (κ1) is 20.8. The second-order valence-electron chi connectivity index (χ2n) is 6.81. The van der Waals surface area contributed by atoms with Crippen molar-refractivity contribution in [2.24, 2.45) is 5.92 Å². The summed E-state index contributed by atoms with van der Waals surface area (Å²) >= 11 is 1.29. The number of carbonyl (C=O) groups is 1. The van der Waals surface area contributed by atoms with Gasteiger partial charge in [0.25, 0.3) is 0 Å². The molecule has 2 aromatic heterocycles. The average Bonchev–Trinajstić information content (AvgIpc) is 3.21. The monoisotopic (exact) mass is 387 g/mol. The van der Waals surface area contributed by atoms with Gasteiger partial charge in [0.2, 0.25) is 5.91 Å². The molecule has 2 heterocycles. The fourth-order valence-corrected chi connectivity index (χ4v) is 3.21. The molecule has 0 aliphatic heterocycles. The number of furan rings is 1. The molecular formula is C19H25N5O2S. The van der Waals surface area contributed by atoms with Crippen molar-refractivity contribution in [3.05, 3.63) is 30.7 Å². The lowest BCUT2D eigenvalue weighted by Crippen LogP contribution is -2.51. The number of rotatable bonds is 8. The van der Waals surface area contributed by atoms with Gasteiger partial charge in [0, 0.05) is 6.54 Å². The van der Waals surface area contributed by atoms with Gasteiger partial charge in [-0.05, 0) is 32.8 Å². The van der Waals surface area contributed by atoms with E-state index in [2.05, 4.69) is 28.2 Å². The third-order valence-corrected chi connectivity index (χ3v) is 5.63. The van der Waals surface area contributed by atoms with E-state index in [9.17, 15) is 10.1 Å². The molecule has 2 aromatic rings. The molecule has 0 spiro atoms. The van der Waals surface area contributed by atoms with Gasteiger partial charge < -0.3 is 9.73 Å². The predicted molar refractivity (Wildman–Crippen MR) is 105 cm³/mol. The third kappa shape index (κ3) is 4.42. The lowest BCUT2D eigenvalue weighted by atomic mass is 9.90. The molecule has 0 aliphatic carbocycles. The third-order valence-electron chi connectivity index (χ3n) is 4.55. The molecule has 7 nitrogen and oxygen atoms in total. The second kappa shape index (κ2) is 8.44. The maximum atomic E-state index is 12.6. The van der Waals surface area contributed by atoms with Gasteiger partial charge in [-0.1, -0.05) is 31.7 Å². The molecule has 1 N–H and O–H groups in total. The number of nitrogens with zero attached hydrogens (tertiary/aromatic N) is 4. The highest BCUT2D eigenvalue weighted by Crippen LogP contribution is 2.29. The minimum atomic E-state index is -0.917. The molecule has 0 saturated heterocycles. The van der Waals surface area contributed by atoms with E-state index in [1.54, 1.807) is 26.2 Å². The number of thioether (sulfide) groups is 1. The predicted octanol–water partition coefficient (Wildman–Crippen LogP) is 3.57. The zero-order chi connectivity index (χ0) is 20.2. The Kier molecular flexibility index (Phi) is 6.50. The van der Waals surface area contributed by atoms with Gasteiger partial charge in [-0.3, -0.25) is 9.36 Å². The first-order valence-electron chi connectivity index (χ1n) is 8.72. The van der Waals surface area contributed by atoms with Crippen molar-refractivity contribution in [1.82, 2.24) is 20.1 Å². The summed E-state index contributed by atoms with van der Waals surface area (Å²) in [5.41, 5.74) is -0.0649. The van der Waals surface area contributed by atoms with Crippen LogP contribution in [0.15, 0.2) is 34.6 Å². The molecular weight excluding hydrogens is 362 g/mol. The molecule has 0 saturated carbocycles. The van der Waals surface area contributed by atoms with Crippen LogP contribution in [0.2, 0.25) is 0 Å². The Morgan fingerprint density at radius 3 is 2.74 bits per heavy atom. The molecule has 27 heavy (non-hydrogen) atoms. The highest BCUT2D eigenvalue weighted by molar-refractivity contribution is 8.00. The molecule has 0 bridgehead atoms. The van der Waals surface area contributed by atoms with Crippen molar-refractivity contribution in [3.63, 3.8) is 0 Å². The van der Waals surface area contributed by atoms with Crippen LogP contribution >= 0.6 is 11.8 Å². The van der Waals surface area contributed by atoms with Crippen LogP contribution in [0.1, 0.15) is 33.5 Å². The van der Waals surface area contributed by atoms with Gasteiger partial charge in [-0.2, -0.15) is 5.26 Å². The summed E-state index contributed by atoms with van der Waals surface area (Å²) in [5, 5.41) is 20.9. The molecule has 0 aromatic carbocycles. The number of aryl methyl sites for hydroxylation is 1. The molecule has 0 aliphatic rings. The van der Waals surface area contributed by atoms with Crippen LogP contribution in [0, 0.1) is 24.2 Å². The summed E-state index contributed by atoms with van der Waals surface area (Å²) < 4.78 is 7.26. The largest absolute Gasteiger partial charge is 0.469 e. The minimum Gasteiger partial charge on any atom is -0.469 e. The number of nitriles is 1. The van der Waals surface area contributed by atoms with Gasteiger partial charge in [-0.25, -0.2) is 0 Å². The summed E-state index contributed by atoms with van der Waals surface area (Å²) in [6.07, 6.45) is 3.36. The van der Waals surface area contributed by atoms with Gasteiger partial charge in [0.05, 0.1) is 23.1 Å². The van der Waals surface area contributed by atoms with E-state index in [0.717, 1.165) is 11.3 Å². The molecule has 0 fully saturated rings. The topological polar surface area (TPSA) is 96.7 Å². The van der Waals surface area contributed by atoms with Crippen LogP contribution < -0.4 is 5.32 Å². The van der Waals surface area contributed by atoms with E-state index in [4.69, 9.17) is 4.42 Å². The molecule has 2 atom stereocenters. The van der Waals surface area contributed by atoms with Crippen LogP contribution in [0.5, 0.6) is 0 Å². The van der Waals surface area contributed by atoms with E-state index in [-0.39, 0.29) is 11.8 Å². The Balaban J connectivity index is 2.23.